The summed E-state index contributed by atoms with van der Waals surface area (Å²) in [6.07, 6.45) is 0.680. The number of likely N-dealkylation sites (N-methyl/N-ethyl adjacent to an activating group) is 1. The van der Waals surface area contributed by atoms with E-state index < -0.39 is 50.4 Å². The Balaban J connectivity index is 1.36. The molecule has 0 unspecified atom stereocenters. The second-order valence-corrected chi connectivity index (χ2v) is 19.2. The van der Waals surface area contributed by atoms with Crippen LogP contribution < -0.4 is 20.4 Å². The van der Waals surface area contributed by atoms with Gasteiger partial charge in [-0.2, -0.15) is 5.10 Å². The number of nitrogens with one attached hydrogen (secondary N) is 2. The molecule has 0 bridgehead atoms. The number of hydrogen-bond donors (Lipinski definition) is 2. The fourth-order valence-corrected chi connectivity index (χ4v) is 12.3. The number of carbonyl (C=O) groups is 2. The summed E-state index contributed by atoms with van der Waals surface area (Å²) in [5.74, 6) is -2.86. The van der Waals surface area contributed by atoms with Crippen LogP contribution >= 0.6 is 0 Å². The predicted molar refractivity (Wildman–Crippen MR) is 205 cm³/mol. The number of pyridine rings is 1. The Morgan fingerprint density at radius 3 is 2.08 bits per heavy atom. The summed E-state index contributed by atoms with van der Waals surface area (Å²) in [5.41, 5.74) is 0.621. The first kappa shape index (κ1) is 37.8. The van der Waals surface area contributed by atoms with Crippen LogP contribution in [-0.2, 0) is 19.4 Å². The second-order valence-electron chi connectivity index (χ2n) is 14.9. The lowest BCUT2D eigenvalue weighted by Crippen LogP contribution is -2.66. The predicted octanol–water partition coefficient (Wildman–Crippen LogP) is 6.85. The zero-order chi connectivity index (χ0) is 37.9. The number of aromatic amines is 1. The van der Waals surface area contributed by atoms with Gasteiger partial charge >= 0.3 is 0 Å². The number of amides is 2. The molecule has 6 rings (SSSR count). The fraction of sp³-hybridized carbons (Fsp3) is 0.366. The summed E-state index contributed by atoms with van der Waals surface area (Å²) in [6, 6.07) is 29.8. The van der Waals surface area contributed by atoms with E-state index in [9.17, 15) is 18.4 Å². The normalized spacial score (nSPS) is 16.1. The van der Waals surface area contributed by atoms with Gasteiger partial charge < -0.3 is 19.4 Å². The number of methoxy groups -OCH3 is 1. The maximum atomic E-state index is 14.9. The lowest BCUT2D eigenvalue weighted by Gasteiger charge is -2.44. The molecule has 9 nitrogen and oxygen atoms in total. The first-order valence-corrected chi connectivity index (χ1v) is 19.9. The molecule has 0 radical (unpaired) electrons. The molecule has 12 heteroatoms. The Labute approximate surface area is 310 Å². The average Bonchev–Trinajstić information content (AvgIpc) is 3.63. The van der Waals surface area contributed by atoms with Crippen LogP contribution in [0.1, 0.15) is 58.4 Å². The molecular weight excluding hydrogens is 693 g/mol. The highest BCUT2D eigenvalue weighted by Gasteiger charge is 2.52. The fourth-order valence-electron chi connectivity index (χ4n) is 7.75. The molecule has 1 saturated carbocycles. The van der Waals surface area contributed by atoms with Crippen molar-refractivity contribution in [3.05, 3.63) is 109 Å². The number of benzene rings is 3. The number of rotatable bonds is 12. The third-order valence-electron chi connectivity index (χ3n) is 10.7. The van der Waals surface area contributed by atoms with Crippen molar-refractivity contribution in [2.24, 2.45) is 0 Å². The van der Waals surface area contributed by atoms with Gasteiger partial charge in [-0.15, -0.1) is 0 Å². The van der Waals surface area contributed by atoms with E-state index in [1.54, 1.807) is 56.8 Å². The maximum absolute atomic E-state index is 14.9. The third-order valence-corrected chi connectivity index (χ3v) is 15.7. The second kappa shape index (κ2) is 15.2. The Kier molecular flexibility index (Phi) is 10.8. The number of halogens is 2. The summed E-state index contributed by atoms with van der Waals surface area (Å²) < 4.78 is 41.9. The molecule has 1 aliphatic rings. The van der Waals surface area contributed by atoms with E-state index in [0.717, 1.165) is 10.4 Å². The van der Waals surface area contributed by atoms with Crippen LogP contribution in [0.2, 0.25) is 5.04 Å². The van der Waals surface area contributed by atoms with Crippen LogP contribution in [0.4, 0.5) is 14.6 Å². The SMILES string of the molecule is COc1ccc(C2(C(=O)N(C)[C@H](CCO[Si](c3ccccc3)(c3ccccc3)C(C)(C)C)C(=O)Nc3ccc4[nH]ncc4n3)CCC(F)(F)CC2)cc1. The molecule has 2 aromatic heterocycles. The summed E-state index contributed by atoms with van der Waals surface area (Å²) >= 11 is 0. The van der Waals surface area contributed by atoms with Crippen molar-refractivity contribution in [2.75, 3.05) is 26.1 Å². The van der Waals surface area contributed by atoms with E-state index in [-0.39, 0.29) is 30.9 Å². The van der Waals surface area contributed by atoms with Gasteiger partial charge in [0.15, 0.2) is 0 Å². The number of anilines is 1. The number of fused-ring (bicyclic) bond motifs is 1. The van der Waals surface area contributed by atoms with Crippen LogP contribution in [0.15, 0.2) is 103 Å². The number of H-pyrrole nitrogens is 1. The molecule has 0 spiro atoms. The number of aromatic nitrogens is 3. The molecule has 2 N–H and O–H groups in total. The smallest absolute Gasteiger partial charge is 0.261 e. The van der Waals surface area contributed by atoms with Crippen molar-refractivity contribution in [3.8, 4) is 5.75 Å². The number of carbonyl (C=O) groups excluding carboxylic acids is 2. The summed E-state index contributed by atoms with van der Waals surface area (Å²) in [5, 5.41) is 11.7. The van der Waals surface area contributed by atoms with Crippen molar-refractivity contribution >= 4 is 47.4 Å². The van der Waals surface area contributed by atoms with Crippen molar-refractivity contribution in [1.82, 2.24) is 20.1 Å². The van der Waals surface area contributed by atoms with Crippen LogP contribution in [-0.4, -0.2) is 72.9 Å². The van der Waals surface area contributed by atoms with Crippen molar-refractivity contribution in [3.63, 3.8) is 0 Å². The molecule has 3 aromatic carbocycles. The standard InChI is InChI=1S/C41H47F2N5O4Si/c1-39(2,3)53(31-12-8-6-9-13-31,32-14-10-7-11-15-32)52-27-22-35(37(49)46-36-21-20-33-34(45-36)28-44-47-33)48(4)38(50)40(23-25-41(42,43)26-24-40)29-16-18-30(51-5)19-17-29/h6-21,28,35H,22-27H2,1-5H3,(H,44,47)(H,45,46,49)/t35-/m1/s1. The molecule has 278 valence electrons. The lowest BCUT2D eigenvalue weighted by atomic mass is 9.67. The minimum absolute atomic E-state index is 0.0683. The van der Waals surface area contributed by atoms with E-state index in [2.05, 4.69) is 65.5 Å². The molecule has 5 aromatic rings. The number of hydrogen-bond acceptors (Lipinski definition) is 6. The number of nitrogens with zero attached hydrogens (tertiary/aromatic N) is 3. The first-order valence-electron chi connectivity index (χ1n) is 18.0. The zero-order valence-electron chi connectivity index (χ0n) is 30.9. The highest BCUT2D eigenvalue weighted by Crippen LogP contribution is 2.47. The van der Waals surface area contributed by atoms with Crippen LogP contribution in [0.3, 0.4) is 0 Å². The summed E-state index contributed by atoms with van der Waals surface area (Å²) in [7, 11) is 0.139. The molecular formula is C41H47F2N5O4Si. The van der Waals surface area contributed by atoms with Crippen LogP contribution in [0.25, 0.3) is 11.0 Å². The Bertz CT molecular complexity index is 1970. The Morgan fingerprint density at radius 2 is 1.51 bits per heavy atom. The molecule has 1 atom stereocenters. The topological polar surface area (TPSA) is 109 Å². The molecule has 2 amide bonds. The highest BCUT2D eigenvalue weighted by molar-refractivity contribution is 6.99. The van der Waals surface area contributed by atoms with Gasteiger partial charge in [-0.25, -0.2) is 13.8 Å². The van der Waals surface area contributed by atoms with E-state index in [0.29, 0.717) is 28.2 Å². The van der Waals surface area contributed by atoms with Crippen molar-refractivity contribution in [1.29, 1.82) is 0 Å². The van der Waals surface area contributed by atoms with Crippen LogP contribution in [0, 0.1) is 0 Å². The summed E-state index contributed by atoms with van der Waals surface area (Å²) in [4.78, 5) is 35.2. The summed E-state index contributed by atoms with van der Waals surface area (Å²) in [6.45, 7) is 6.67. The quantitative estimate of drug-likeness (QED) is 0.136. The minimum atomic E-state index is -2.99. The Hall–Kier alpha value is -4.94. The van der Waals surface area contributed by atoms with Gasteiger partial charge in [-0.1, -0.05) is 93.6 Å². The number of alkyl halides is 2. The van der Waals surface area contributed by atoms with Gasteiger partial charge in [0.2, 0.25) is 17.7 Å². The van der Waals surface area contributed by atoms with Crippen molar-refractivity contribution in [2.45, 2.75) is 75.3 Å². The number of ether oxygens (including phenoxy) is 1. The molecule has 2 heterocycles. The van der Waals surface area contributed by atoms with Gasteiger partial charge in [0.1, 0.15) is 23.1 Å². The van der Waals surface area contributed by atoms with E-state index in [1.807, 2.05) is 36.4 Å². The Morgan fingerprint density at radius 1 is 0.906 bits per heavy atom. The highest BCUT2D eigenvalue weighted by atomic mass is 28.4. The third kappa shape index (κ3) is 7.61. The molecule has 0 saturated heterocycles. The minimum Gasteiger partial charge on any atom is -0.497 e. The largest absolute Gasteiger partial charge is 0.497 e. The lowest BCUT2D eigenvalue weighted by molar-refractivity contribution is -0.147. The van der Waals surface area contributed by atoms with E-state index in [1.165, 1.54) is 4.90 Å². The molecule has 53 heavy (non-hydrogen) atoms. The monoisotopic (exact) mass is 739 g/mol. The van der Waals surface area contributed by atoms with E-state index in [4.69, 9.17) is 9.16 Å². The maximum Gasteiger partial charge on any atom is 0.261 e. The van der Waals surface area contributed by atoms with Gasteiger partial charge in [0, 0.05) is 26.5 Å². The van der Waals surface area contributed by atoms with Gasteiger partial charge in [0.25, 0.3) is 8.32 Å². The van der Waals surface area contributed by atoms with Crippen LogP contribution in [0.5, 0.6) is 5.75 Å². The molecule has 0 aliphatic heterocycles. The molecule has 1 aliphatic carbocycles. The van der Waals surface area contributed by atoms with Crippen molar-refractivity contribution < 1.29 is 27.5 Å². The van der Waals surface area contributed by atoms with Gasteiger partial charge in [-0.05, 0) is 64.5 Å². The van der Waals surface area contributed by atoms with E-state index >= 15 is 0 Å². The molecule has 1 fully saturated rings. The van der Waals surface area contributed by atoms with Gasteiger partial charge in [0.05, 0.1) is 24.2 Å². The zero-order valence-corrected chi connectivity index (χ0v) is 31.9. The first-order chi connectivity index (χ1) is 25.3. The van der Waals surface area contributed by atoms with Gasteiger partial charge in [-0.3, -0.25) is 14.7 Å². The average molecular weight is 740 g/mol.